The van der Waals surface area contributed by atoms with Gasteiger partial charge in [-0.15, -0.1) is 0 Å². The summed E-state index contributed by atoms with van der Waals surface area (Å²) in [5.74, 6) is -0.931. The van der Waals surface area contributed by atoms with Crippen molar-refractivity contribution in [3.63, 3.8) is 0 Å². The first-order valence-electron chi connectivity index (χ1n) is 7.28. The van der Waals surface area contributed by atoms with Gasteiger partial charge in [-0.2, -0.15) is 5.10 Å². The number of nitrogens with one attached hydrogen (secondary N) is 1. The average molecular weight is 316 g/mol. The molecule has 0 spiro atoms. The lowest BCUT2D eigenvalue weighted by atomic mass is 10.2. The molecule has 3 amide bonds. The maximum absolute atomic E-state index is 11.8. The molecular weight excluding hydrogens is 300 g/mol. The third-order valence-electron chi connectivity index (χ3n) is 3.61. The summed E-state index contributed by atoms with van der Waals surface area (Å²) in [5.41, 5.74) is 1.87. The number of aromatic nitrogens is 2. The van der Waals surface area contributed by atoms with Gasteiger partial charge < -0.3 is 9.73 Å². The molecule has 0 unspecified atom stereocenters. The van der Waals surface area contributed by atoms with Gasteiger partial charge in [0.05, 0.1) is 25.3 Å². The van der Waals surface area contributed by atoms with Gasteiger partial charge >= 0.3 is 0 Å². The van der Waals surface area contributed by atoms with Crippen LogP contribution < -0.4 is 5.32 Å². The van der Waals surface area contributed by atoms with Crippen molar-refractivity contribution in [2.24, 2.45) is 0 Å². The molecule has 1 aliphatic heterocycles. The molecule has 3 rings (SSSR count). The average Bonchev–Trinajstić information content (AvgIpc) is 3.25. The van der Waals surface area contributed by atoms with Gasteiger partial charge in [0.2, 0.25) is 17.7 Å². The number of nitrogens with zero attached hydrogens (tertiary/aromatic N) is 3. The van der Waals surface area contributed by atoms with E-state index in [1.165, 1.54) is 0 Å². The summed E-state index contributed by atoms with van der Waals surface area (Å²) in [4.78, 5) is 35.6. The van der Waals surface area contributed by atoms with Gasteiger partial charge in [0.15, 0.2) is 0 Å². The Bertz CT molecular complexity index is 704. The third kappa shape index (κ3) is 3.47. The molecule has 0 atom stereocenters. The maximum atomic E-state index is 11.8. The number of amides is 3. The van der Waals surface area contributed by atoms with Gasteiger partial charge in [0, 0.05) is 36.7 Å². The highest BCUT2D eigenvalue weighted by atomic mass is 16.3. The van der Waals surface area contributed by atoms with E-state index in [0.29, 0.717) is 13.1 Å². The van der Waals surface area contributed by atoms with Gasteiger partial charge in [0.25, 0.3) is 0 Å². The van der Waals surface area contributed by atoms with Crippen LogP contribution in [0.15, 0.2) is 35.4 Å². The van der Waals surface area contributed by atoms with Crippen LogP contribution in [-0.4, -0.2) is 45.5 Å². The van der Waals surface area contributed by atoms with E-state index in [4.69, 9.17) is 4.42 Å². The van der Waals surface area contributed by atoms with Crippen LogP contribution >= 0.6 is 0 Å². The summed E-state index contributed by atoms with van der Waals surface area (Å²) in [6.07, 6.45) is 7.17. The molecule has 120 valence electrons. The lowest BCUT2D eigenvalue weighted by molar-refractivity contribution is -0.142. The van der Waals surface area contributed by atoms with E-state index in [2.05, 4.69) is 10.4 Å². The number of hydrogen-bond acceptors (Lipinski definition) is 5. The van der Waals surface area contributed by atoms with Crippen molar-refractivity contribution in [3.8, 4) is 11.1 Å². The quantitative estimate of drug-likeness (QED) is 0.778. The van der Waals surface area contributed by atoms with Crippen molar-refractivity contribution in [1.29, 1.82) is 0 Å². The molecule has 0 bridgehead atoms. The summed E-state index contributed by atoms with van der Waals surface area (Å²) in [6.45, 7) is 0.643. The zero-order chi connectivity index (χ0) is 16.2. The van der Waals surface area contributed by atoms with Crippen LogP contribution in [0.4, 0.5) is 0 Å². The van der Waals surface area contributed by atoms with Gasteiger partial charge in [-0.05, 0) is 6.07 Å². The SMILES string of the molecule is O=C(CN1C(=O)CCC1=O)NCCn1cc(-c2ccoc2)cn1. The molecule has 8 heteroatoms. The van der Waals surface area contributed by atoms with E-state index in [9.17, 15) is 14.4 Å². The summed E-state index contributed by atoms with van der Waals surface area (Å²) in [5, 5.41) is 6.88. The first kappa shape index (κ1) is 15.0. The lowest BCUT2D eigenvalue weighted by Crippen LogP contribution is -2.40. The molecule has 1 fully saturated rings. The van der Waals surface area contributed by atoms with Crippen molar-refractivity contribution in [1.82, 2.24) is 20.0 Å². The highest BCUT2D eigenvalue weighted by Gasteiger charge is 2.30. The minimum atomic E-state index is -0.351. The molecule has 2 aromatic rings. The Kier molecular flexibility index (Phi) is 4.22. The van der Waals surface area contributed by atoms with Crippen LogP contribution in [0.2, 0.25) is 0 Å². The molecule has 2 aromatic heterocycles. The molecule has 23 heavy (non-hydrogen) atoms. The Hall–Kier alpha value is -2.90. The Balaban J connectivity index is 1.45. The zero-order valence-electron chi connectivity index (χ0n) is 12.4. The predicted octanol–water partition coefficient (Wildman–Crippen LogP) is 0.408. The zero-order valence-corrected chi connectivity index (χ0v) is 12.4. The van der Waals surface area contributed by atoms with E-state index >= 15 is 0 Å². The predicted molar refractivity (Wildman–Crippen MR) is 78.9 cm³/mol. The summed E-state index contributed by atoms with van der Waals surface area (Å²) >= 11 is 0. The highest BCUT2D eigenvalue weighted by Crippen LogP contribution is 2.18. The fourth-order valence-electron chi connectivity index (χ4n) is 2.37. The largest absolute Gasteiger partial charge is 0.472 e. The number of rotatable bonds is 6. The standard InChI is InChI=1S/C15H16N4O4/c20-13(9-19-14(21)1-2-15(19)22)16-4-5-18-8-12(7-17-18)11-3-6-23-10-11/h3,6-8,10H,1-2,4-5,9H2,(H,16,20). The summed E-state index contributed by atoms with van der Waals surface area (Å²) in [6, 6.07) is 1.84. The Labute approximate surface area is 132 Å². The summed E-state index contributed by atoms with van der Waals surface area (Å²) < 4.78 is 6.72. The smallest absolute Gasteiger partial charge is 0.240 e. The van der Waals surface area contributed by atoms with E-state index in [0.717, 1.165) is 16.0 Å². The van der Waals surface area contributed by atoms with E-state index in [-0.39, 0.29) is 37.1 Å². The van der Waals surface area contributed by atoms with Gasteiger partial charge in [-0.3, -0.25) is 24.0 Å². The monoisotopic (exact) mass is 316 g/mol. The first-order chi connectivity index (χ1) is 11.1. The van der Waals surface area contributed by atoms with Gasteiger partial charge in [-0.1, -0.05) is 0 Å². The molecule has 1 aliphatic rings. The topological polar surface area (TPSA) is 97.4 Å². The van der Waals surface area contributed by atoms with E-state index < -0.39 is 0 Å². The third-order valence-corrected chi connectivity index (χ3v) is 3.61. The Morgan fingerprint density at radius 3 is 2.74 bits per heavy atom. The number of imide groups is 1. The number of furan rings is 1. The van der Waals surface area contributed by atoms with Crippen molar-refractivity contribution >= 4 is 17.7 Å². The fraction of sp³-hybridized carbons (Fsp3) is 0.333. The van der Waals surface area contributed by atoms with Crippen LogP contribution in [-0.2, 0) is 20.9 Å². The van der Waals surface area contributed by atoms with Crippen LogP contribution in [0.1, 0.15) is 12.8 Å². The highest BCUT2D eigenvalue weighted by molar-refractivity contribution is 6.04. The van der Waals surface area contributed by atoms with Crippen LogP contribution in [0.25, 0.3) is 11.1 Å². The summed E-state index contributed by atoms with van der Waals surface area (Å²) in [7, 11) is 0. The van der Waals surface area contributed by atoms with E-state index in [1.807, 2.05) is 12.3 Å². The molecule has 3 heterocycles. The van der Waals surface area contributed by atoms with Gasteiger partial charge in [-0.25, -0.2) is 0 Å². The van der Waals surface area contributed by atoms with Crippen molar-refractivity contribution < 1.29 is 18.8 Å². The molecule has 0 radical (unpaired) electrons. The lowest BCUT2D eigenvalue weighted by Gasteiger charge is -2.13. The second-order valence-corrected chi connectivity index (χ2v) is 5.23. The van der Waals surface area contributed by atoms with Crippen LogP contribution in [0.5, 0.6) is 0 Å². The van der Waals surface area contributed by atoms with Crippen LogP contribution in [0, 0.1) is 0 Å². The minimum absolute atomic E-state index is 0.191. The molecular formula is C15H16N4O4. The van der Waals surface area contributed by atoms with Crippen molar-refractivity contribution in [2.75, 3.05) is 13.1 Å². The molecule has 0 aromatic carbocycles. The molecule has 8 nitrogen and oxygen atoms in total. The Morgan fingerprint density at radius 1 is 1.26 bits per heavy atom. The fourth-order valence-corrected chi connectivity index (χ4v) is 2.37. The van der Waals surface area contributed by atoms with E-state index in [1.54, 1.807) is 23.4 Å². The maximum Gasteiger partial charge on any atom is 0.240 e. The van der Waals surface area contributed by atoms with Crippen molar-refractivity contribution in [2.45, 2.75) is 19.4 Å². The molecule has 1 N–H and O–H groups in total. The number of likely N-dealkylation sites (tertiary alicyclic amines) is 1. The molecule has 0 aliphatic carbocycles. The normalized spacial score (nSPS) is 14.5. The van der Waals surface area contributed by atoms with Crippen molar-refractivity contribution in [3.05, 3.63) is 31.0 Å². The van der Waals surface area contributed by atoms with Crippen LogP contribution in [0.3, 0.4) is 0 Å². The molecule has 1 saturated heterocycles. The first-order valence-corrected chi connectivity index (χ1v) is 7.28. The molecule has 0 saturated carbocycles. The number of carbonyl (C=O) groups excluding carboxylic acids is 3. The number of carbonyl (C=O) groups is 3. The second kappa shape index (κ2) is 6.47. The second-order valence-electron chi connectivity index (χ2n) is 5.23. The number of hydrogen-bond donors (Lipinski definition) is 1. The van der Waals surface area contributed by atoms with Gasteiger partial charge in [0.1, 0.15) is 6.54 Å². The Morgan fingerprint density at radius 2 is 2.04 bits per heavy atom. The minimum Gasteiger partial charge on any atom is -0.472 e.